The van der Waals surface area contributed by atoms with E-state index in [1.54, 1.807) is 13.0 Å². The molecule has 0 radical (unpaired) electrons. The molecule has 2 aromatic rings. The molecule has 2 aromatic carbocycles. The Balaban J connectivity index is 1.73. The molecule has 0 saturated heterocycles. The number of rotatable bonds is 3. The maximum Gasteiger partial charge on any atom is 0.262 e. The largest absolute Gasteiger partial charge is 0.481 e. The van der Waals surface area contributed by atoms with Gasteiger partial charge in [0.1, 0.15) is 29.2 Å². The molecule has 2 N–H and O–H groups in total. The van der Waals surface area contributed by atoms with Crippen LogP contribution in [0.1, 0.15) is 22.3 Å². The molecule has 0 bridgehead atoms. The minimum atomic E-state index is -0.760. The fourth-order valence-electron chi connectivity index (χ4n) is 3.45. The van der Waals surface area contributed by atoms with Crippen molar-refractivity contribution in [1.82, 2.24) is 0 Å². The fraction of sp³-hybridized carbons (Fsp3) is 0.250. The highest BCUT2D eigenvalue weighted by Gasteiger charge is 2.27. The van der Waals surface area contributed by atoms with Gasteiger partial charge in [-0.25, -0.2) is 8.78 Å². The Hall–Kier alpha value is -3.67. The quantitative estimate of drug-likeness (QED) is 0.826. The third-order valence-electron chi connectivity index (χ3n) is 4.86. The van der Waals surface area contributed by atoms with Gasteiger partial charge in [0.15, 0.2) is 13.2 Å². The zero-order chi connectivity index (χ0) is 20.7. The molecular weight excluding hydrogens is 384 g/mol. The molecular formula is C20H15F2N3O4. The second-order valence-electron chi connectivity index (χ2n) is 6.73. The molecule has 4 rings (SSSR count). The van der Waals surface area contributed by atoms with Crippen molar-refractivity contribution in [3.05, 3.63) is 46.0 Å². The Morgan fingerprint density at radius 2 is 1.76 bits per heavy atom. The number of aryl methyl sites for hydroxylation is 1. The van der Waals surface area contributed by atoms with Gasteiger partial charge in [-0.15, -0.1) is 0 Å². The van der Waals surface area contributed by atoms with Crippen LogP contribution < -0.4 is 20.1 Å². The average Bonchev–Trinajstić information content (AvgIpc) is 2.70. The van der Waals surface area contributed by atoms with Gasteiger partial charge in [-0.1, -0.05) is 0 Å². The van der Waals surface area contributed by atoms with Crippen molar-refractivity contribution >= 4 is 23.2 Å². The molecule has 7 nitrogen and oxygen atoms in total. The number of nitrogens with zero attached hydrogens (tertiary/aromatic N) is 1. The van der Waals surface area contributed by atoms with Crippen molar-refractivity contribution in [2.75, 3.05) is 23.8 Å². The number of fused-ring (bicyclic) bond motifs is 2. The maximum absolute atomic E-state index is 14.8. The Labute approximate surface area is 164 Å². The molecule has 0 aromatic heterocycles. The number of amides is 2. The summed E-state index contributed by atoms with van der Waals surface area (Å²) in [6.07, 6.45) is 0.184. The molecule has 0 atom stereocenters. The van der Waals surface area contributed by atoms with Gasteiger partial charge in [0.05, 0.1) is 16.9 Å². The lowest BCUT2D eigenvalue weighted by Gasteiger charge is -2.24. The summed E-state index contributed by atoms with van der Waals surface area (Å²) in [5.74, 6) is -1.66. The fourth-order valence-corrected chi connectivity index (χ4v) is 3.45. The minimum Gasteiger partial charge on any atom is -0.481 e. The van der Waals surface area contributed by atoms with Crippen LogP contribution in [0.15, 0.2) is 12.1 Å². The Morgan fingerprint density at radius 1 is 1.07 bits per heavy atom. The minimum absolute atomic E-state index is 0.0460. The van der Waals surface area contributed by atoms with Crippen molar-refractivity contribution in [2.45, 2.75) is 19.8 Å². The van der Waals surface area contributed by atoms with E-state index in [2.05, 4.69) is 10.6 Å². The monoisotopic (exact) mass is 399 g/mol. The molecule has 0 spiro atoms. The molecule has 2 heterocycles. The van der Waals surface area contributed by atoms with Crippen LogP contribution in [0, 0.1) is 29.9 Å². The lowest BCUT2D eigenvalue weighted by Crippen LogP contribution is -2.27. The lowest BCUT2D eigenvalue weighted by atomic mass is 9.96. The summed E-state index contributed by atoms with van der Waals surface area (Å²) in [5.41, 5.74) is 1.11. The van der Waals surface area contributed by atoms with E-state index in [4.69, 9.17) is 9.47 Å². The van der Waals surface area contributed by atoms with Gasteiger partial charge in [0.25, 0.3) is 11.8 Å². The van der Waals surface area contributed by atoms with Crippen molar-refractivity contribution in [1.29, 1.82) is 5.26 Å². The molecule has 2 aliphatic rings. The van der Waals surface area contributed by atoms with Crippen molar-refractivity contribution in [2.24, 2.45) is 0 Å². The molecule has 148 valence electrons. The van der Waals surface area contributed by atoms with E-state index < -0.39 is 17.5 Å². The number of nitriles is 1. The van der Waals surface area contributed by atoms with E-state index in [-0.39, 0.29) is 65.8 Å². The third-order valence-corrected chi connectivity index (χ3v) is 4.86. The molecule has 0 aliphatic carbocycles. The zero-order valence-electron chi connectivity index (χ0n) is 15.3. The van der Waals surface area contributed by atoms with Gasteiger partial charge in [-0.2, -0.15) is 5.26 Å². The smallest absolute Gasteiger partial charge is 0.262 e. The Morgan fingerprint density at radius 3 is 2.48 bits per heavy atom. The predicted molar refractivity (Wildman–Crippen MR) is 97.9 cm³/mol. The zero-order valence-corrected chi connectivity index (χ0v) is 15.3. The summed E-state index contributed by atoms with van der Waals surface area (Å²) < 4.78 is 39.9. The molecule has 0 unspecified atom stereocenters. The number of ether oxygens (including phenoxy) is 2. The normalized spacial score (nSPS) is 14.6. The first-order valence-electron chi connectivity index (χ1n) is 8.81. The lowest BCUT2D eigenvalue weighted by molar-refractivity contribution is -0.119. The Bertz CT molecular complexity index is 1110. The third kappa shape index (κ3) is 3.23. The summed E-state index contributed by atoms with van der Waals surface area (Å²) in [6, 6.07) is 4.24. The number of nitrogens with one attached hydrogen (secondary N) is 2. The van der Waals surface area contributed by atoms with Crippen LogP contribution in [0.3, 0.4) is 0 Å². The van der Waals surface area contributed by atoms with Gasteiger partial charge in [-0.05, 0) is 37.5 Å². The first kappa shape index (κ1) is 18.7. The maximum atomic E-state index is 14.8. The number of hydrogen-bond acceptors (Lipinski definition) is 5. The van der Waals surface area contributed by atoms with Gasteiger partial charge >= 0.3 is 0 Å². The van der Waals surface area contributed by atoms with Crippen LogP contribution in [0.2, 0.25) is 0 Å². The number of carbonyl (C=O) groups excluding carboxylic acids is 2. The second kappa shape index (κ2) is 7.05. The standard InChI is InChI=1S/C20H15F2N3O4/c1-9-13(21)4-10(18-19(9)28-8-16(27)25-18)2-3-12-17(22)11(6-23)5-14-20(12)29-7-15(26)24-14/h4-5H,2-3,7-8H2,1H3,(H,24,26)(H,25,27). The highest BCUT2D eigenvalue weighted by Crippen LogP contribution is 2.39. The predicted octanol–water partition coefficient (Wildman–Crippen LogP) is 2.59. The van der Waals surface area contributed by atoms with E-state index in [0.29, 0.717) is 11.3 Å². The van der Waals surface area contributed by atoms with Gasteiger partial charge in [0.2, 0.25) is 0 Å². The van der Waals surface area contributed by atoms with Crippen molar-refractivity contribution in [3.8, 4) is 17.6 Å². The number of anilines is 2. The highest BCUT2D eigenvalue weighted by molar-refractivity contribution is 5.97. The first-order chi connectivity index (χ1) is 13.9. The van der Waals surface area contributed by atoms with Crippen LogP contribution in [0.4, 0.5) is 20.2 Å². The summed E-state index contributed by atoms with van der Waals surface area (Å²) in [4.78, 5) is 23.3. The van der Waals surface area contributed by atoms with Crippen LogP contribution in [-0.2, 0) is 22.4 Å². The van der Waals surface area contributed by atoms with Gasteiger partial charge in [-0.3, -0.25) is 9.59 Å². The molecule has 9 heteroatoms. The molecule has 0 saturated carbocycles. The number of halogens is 2. The number of carbonyl (C=O) groups is 2. The Kier molecular flexibility index (Phi) is 4.54. The van der Waals surface area contributed by atoms with Crippen molar-refractivity contribution < 1.29 is 27.8 Å². The highest BCUT2D eigenvalue weighted by atomic mass is 19.1. The van der Waals surface area contributed by atoms with E-state index >= 15 is 0 Å². The summed E-state index contributed by atoms with van der Waals surface area (Å²) in [5, 5.41) is 14.4. The average molecular weight is 399 g/mol. The molecule has 2 amide bonds. The van der Waals surface area contributed by atoms with Crippen molar-refractivity contribution in [3.63, 3.8) is 0 Å². The topological polar surface area (TPSA) is 100 Å². The SMILES string of the molecule is Cc1c(F)cc(CCc2c(F)c(C#N)cc3c2OCC(=O)N3)c2c1OCC(=O)N2. The number of benzene rings is 2. The van der Waals surface area contributed by atoms with Crippen LogP contribution in [0.25, 0.3) is 0 Å². The first-order valence-corrected chi connectivity index (χ1v) is 8.81. The summed E-state index contributed by atoms with van der Waals surface area (Å²) in [6.45, 7) is 1.05. The summed E-state index contributed by atoms with van der Waals surface area (Å²) in [7, 11) is 0. The van der Waals surface area contributed by atoms with E-state index in [1.807, 2.05) is 0 Å². The van der Waals surface area contributed by atoms with E-state index in [1.165, 1.54) is 12.1 Å². The van der Waals surface area contributed by atoms with Crippen LogP contribution in [0.5, 0.6) is 11.5 Å². The van der Waals surface area contributed by atoms with Crippen LogP contribution >= 0.6 is 0 Å². The second-order valence-corrected chi connectivity index (χ2v) is 6.73. The van der Waals surface area contributed by atoms with E-state index in [0.717, 1.165) is 0 Å². The van der Waals surface area contributed by atoms with E-state index in [9.17, 15) is 23.6 Å². The molecule has 2 aliphatic heterocycles. The summed E-state index contributed by atoms with van der Waals surface area (Å²) >= 11 is 0. The van der Waals surface area contributed by atoms with Gasteiger partial charge in [0, 0.05) is 11.1 Å². The molecule has 0 fully saturated rings. The molecule has 29 heavy (non-hydrogen) atoms. The van der Waals surface area contributed by atoms with Gasteiger partial charge < -0.3 is 20.1 Å². The number of hydrogen-bond donors (Lipinski definition) is 2. The van der Waals surface area contributed by atoms with Crippen LogP contribution in [-0.4, -0.2) is 25.0 Å².